The van der Waals surface area contributed by atoms with Gasteiger partial charge in [0.25, 0.3) is 0 Å². The topological polar surface area (TPSA) is 76.7 Å². The van der Waals surface area contributed by atoms with Crippen LogP contribution in [0, 0.1) is 0 Å². The SMILES string of the molecule is COCCOc1ccc(S(=O)(=O)NC2CCCNC2)cc1. The lowest BCUT2D eigenvalue weighted by atomic mass is 10.1. The Morgan fingerprint density at radius 3 is 2.67 bits per heavy atom. The van der Waals surface area contributed by atoms with Crippen LogP contribution in [0.1, 0.15) is 12.8 Å². The highest BCUT2D eigenvalue weighted by atomic mass is 32.2. The van der Waals surface area contributed by atoms with Crippen molar-refractivity contribution in [2.45, 2.75) is 23.8 Å². The molecule has 1 aliphatic rings. The van der Waals surface area contributed by atoms with Gasteiger partial charge < -0.3 is 14.8 Å². The Hall–Kier alpha value is -1.15. The smallest absolute Gasteiger partial charge is 0.240 e. The maximum absolute atomic E-state index is 12.3. The maximum atomic E-state index is 12.3. The lowest BCUT2D eigenvalue weighted by Crippen LogP contribution is -2.45. The minimum Gasteiger partial charge on any atom is -0.491 e. The Labute approximate surface area is 125 Å². The summed E-state index contributed by atoms with van der Waals surface area (Å²) in [6.07, 6.45) is 1.85. The van der Waals surface area contributed by atoms with Gasteiger partial charge >= 0.3 is 0 Å². The van der Waals surface area contributed by atoms with Crippen molar-refractivity contribution < 1.29 is 17.9 Å². The van der Waals surface area contributed by atoms with E-state index in [2.05, 4.69) is 10.0 Å². The fourth-order valence-electron chi connectivity index (χ4n) is 2.20. The summed E-state index contributed by atoms with van der Waals surface area (Å²) in [5.41, 5.74) is 0. The van der Waals surface area contributed by atoms with Crippen LogP contribution in [-0.2, 0) is 14.8 Å². The molecule has 0 amide bonds. The summed E-state index contributed by atoms with van der Waals surface area (Å²) in [6, 6.07) is 6.38. The Morgan fingerprint density at radius 1 is 1.29 bits per heavy atom. The number of benzene rings is 1. The van der Waals surface area contributed by atoms with Crippen LogP contribution < -0.4 is 14.8 Å². The van der Waals surface area contributed by atoms with E-state index >= 15 is 0 Å². The first-order valence-corrected chi connectivity index (χ1v) is 8.55. The Balaban J connectivity index is 1.95. The largest absolute Gasteiger partial charge is 0.491 e. The molecule has 2 N–H and O–H groups in total. The number of rotatable bonds is 7. The molecule has 0 spiro atoms. The molecule has 118 valence electrons. The van der Waals surface area contributed by atoms with E-state index in [0.29, 0.717) is 25.5 Å². The molecule has 0 aliphatic carbocycles. The molecule has 0 aromatic heterocycles. The molecule has 1 unspecified atom stereocenters. The van der Waals surface area contributed by atoms with Crippen molar-refractivity contribution in [1.29, 1.82) is 0 Å². The summed E-state index contributed by atoms with van der Waals surface area (Å²) in [6.45, 7) is 2.56. The zero-order valence-electron chi connectivity index (χ0n) is 12.2. The molecule has 1 atom stereocenters. The van der Waals surface area contributed by atoms with E-state index < -0.39 is 10.0 Å². The normalized spacial score (nSPS) is 19.4. The van der Waals surface area contributed by atoms with E-state index in [1.165, 1.54) is 0 Å². The molecule has 1 saturated heterocycles. The summed E-state index contributed by atoms with van der Waals surface area (Å²) < 4.78 is 37.6. The fourth-order valence-corrected chi connectivity index (χ4v) is 3.47. The van der Waals surface area contributed by atoms with Crippen LogP contribution in [0.3, 0.4) is 0 Å². The highest BCUT2D eigenvalue weighted by Crippen LogP contribution is 2.17. The Morgan fingerprint density at radius 2 is 2.05 bits per heavy atom. The van der Waals surface area contributed by atoms with E-state index in [1.54, 1.807) is 31.4 Å². The molecular weight excluding hydrogens is 292 g/mol. The number of piperidine rings is 1. The van der Waals surface area contributed by atoms with Crippen LogP contribution in [0.5, 0.6) is 5.75 Å². The molecule has 1 aromatic carbocycles. The van der Waals surface area contributed by atoms with E-state index in [1.807, 2.05) is 0 Å². The molecule has 0 bridgehead atoms. The van der Waals surface area contributed by atoms with Gasteiger partial charge in [0.2, 0.25) is 10.0 Å². The molecule has 1 fully saturated rings. The zero-order valence-corrected chi connectivity index (χ0v) is 13.0. The number of sulfonamides is 1. The lowest BCUT2D eigenvalue weighted by Gasteiger charge is -2.23. The Bertz CT molecular complexity index is 524. The first-order valence-electron chi connectivity index (χ1n) is 7.06. The predicted octanol–water partition coefficient (Wildman–Crippen LogP) is 0.742. The van der Waals surface area contributed by atoms with Gasteiger partial charge in [-0.2, -0.15) is 0 Å². The van der Waals surface area contributed by atoms with Crippen molar-refractivity contribution in [2.24, 2.45) is 0 Å². The minimum absolute atomic E-state index is 0.0404. The van der Waals surface area contributed by atoms with Crippen LogP contribution in [0.2, 0.25) is 0 Å². The second-order valence-electron chi connectivity index (χ2n) is 4.98. The van der Waals surface area contributed by atoms with Crippen molar-refractivity contribution in [2.75, 3.05) is 33.4 Å². The zero-order chi connectivity index (χ0) is 15.1. The van der Waals surface area contributed by atoms with E-state index in [0.717, 1.165) is 19.4 Å². The van der Waals surface area contributed by atoms with E-state index in [-0.39, 0.29) is 10.9 Å². The first-order chi connectivity index (χ1) is 10.1. The van der Waals surface area contributed by atoms with Gasteiger partial charge in [-0.05, 0) is 43.7 Å². The molecule has 1 aliphatic heterocycles. The van der Waals surface area contributed by atoms with E-state index in [4.69, 9.17) is 9.47 Å². The number of hydrogen-bond acceptors (Lipinski definition) is 5. The number of nitrogens with one attached hydrogen (secondary N) is 2. The van der Waals surface area contributed by atoms with Crippen LogP contribution in [0.25, 0.3) is 0 Å². The molecule has 2 rings (SSSR count). The van der Waals surface area contributed by atoms with Gasteiger partial charge in [0.15, 0.2) is 0 Å². The summed E-state index contributed by atoms with van der Waals surface area (Å²) >= 11 is 0. The third-order valence-corrected chi connectivity index (χ3v) is 4.85. The van der Waals surface area contributed by atoms with Crippen molar-refractivity contribution in [3.05, 3.63) is 24.3 Å². The molecule has 6 nitrogen and oxygen atoms in total. The van der Waals surface area contributed by atoms with Crippen LogP contribution in [0.15, 0.2) is 29.2 Å². The van der Waals surface area contributed by atoms with Crippen molar-refractivity contribution in [3.8, 4) is 5.75 Å². The van der Waals surface area contributed by atoms with Crippen LogP contribution in [0.4, 0.5) is 0 Å². The van der Waals surface area contributed by atoms with Crippen molar-refractivity contribution in [1.82, 2.24) is 10.0 Å². The van der Waals surface area contributed by atoms with Gasteiger partial charge in [0.05, 0.1) is 11.5 Å². The molecule has 1 heterocycles. The summed E-state index contributed by atoms with van der Waals surface area (Å²) in [5, 5.41) is 3.19. The first kappa shape index (κ1) is 16.2. The molecule has 7 heteroatoms. The number of ether oxygens (including phenoxy) is 2. The average Bonchev–Trinajstić information content (AvgIpc) is 2.49. The van der Waals surface area contributed by atoms with Gasteiger partial charge in [-0.15, -0.1) is 0 Å². The second-order valence-corrected chi connectivity index (χ2v) is 6.69. The summed E-state index contributed by atoms with van der Waals surface area (Å²) in [5.74, 6) is 0.630. The van der Waals surface area contributed by atoms with Crippen molar-refractivity contribution >= 4 is 10.0 Å². The van der Waals surface area contributed by atoms with Gasteiger partial charge in [0, 0.05) is 19.7 Å². The van der Waals surface area contributed by atoms with Gasteiger partial charge in [-0.1, -0.05) is 0 Å². The lowest BCUT2D eigenvalue weighted by molar-refractivity contribution is 0.146. The monoisotopic (exact) mass is 314 g/mol. The van der Waals surface area contributed by atoms with Crippen LogP contribution in [-0.4, -0.2) is 47.9 Å². The highest BCUT2D eigenvalue weighted by molar-refractivity contribution is 7.89. The van der Waals surface area contributed by atoms with Gasteiger partial charge in [-0.25, -0.2) is 13.1 Å². The average molecular weight is 314 g/mol. The third-order valence-electron chi connectivity index (χ3n) is 3.31. The molecule has 1 aromatic rings. The molecule has 0 radical (unpaired) electrons. The summed E-state index contributed by atoms with van der Waals surface area (Å²) in [4.78, 5) is 0.257. The quantitative estimate of drug-likeness (QED) is 0.726. The number of methoxy groups -OCH3 is 1. The van der Waals surface area contributed by atoms with Crippen molar-refractivity contribution in [3.63, 3.8) is 0 Å². The fraction of sp³-hybridized carbons (Fsp3) is 0.571. The summed E-state index contributed by atoms with van der Waals surface area (Å²) in [7, 11) is -1.87. The maximum Gasteiger partial charge on any atom is 0.240 e. The van der Waals surface area contributed by atoms with Crippen LogP contribution >= 0.6 is 0 Å². The number of hydrogen-bond donors (Lipinski definition) is 2. The van der Waals surface area contributed by atoms with E-state index in [9.17, 15) is 8.42 Å². The highest BCUT2D eigenvalue weighted by Gasteiger charge is 2.21. The third kappa shape index (κ3) is 4.96. The van der Waals surface area contributed by atoms with Gasteiger partial charge in [0.1, 0.15) is 12.4 Å². The predicted molar refractivity (Wildman–Crippen MR) is 80.0 cm³/mol. The molecule has 0 saturated carbocycles. The standard InChI is InChI=1S/C14H22N2O4S/c1-19-9-10-20-13-4-6-14(7-5-13)21(17,18)16-12-3-2-8-15-11-12/h4-7,12,15-16H,2-3,8-11H2,1H3. The Kier molecular flexibility index (Phi) is 5.98. The molecular formula is C14H22N2O4S. The second kappa shape index (κ2) is 7.74. The minimum atomic E-state index is -3.47. The molecule has 21 heavy (non-hydrogen) atoms. The van der Waals surface area contributed by atoms with Gasteiger partial charge in [-0.3, -0.25) is 0 Å².